The van der Waals surface area contributed by atoms with Gasteiger partial charge >= 0.3 is 0 Å². The van der Waals surface area contributed by atoms with Crippen LogP contribution in [0.5, 0.6) is 0 Å². The Morgan fingerprint density at radius 2 is 1.47 bits per heavy atom. The lowest BCUT2D eigenvalue weighted by Gasteiger charge is -2.16. The molecule has 0 saturated heterocycles. The van der Waals surface area contributed by atoms with Gasteiger partial charge < -0.3 is 0 Å². The second-order valence-electron chi connectivity index (χ2n) is 4.42. The molecule has 0 radical (unpaired) electrons. The summed E-state index contributed by atoms with van der Waals surface area (Å²) in [4.78, 5) is 1.04. The largest absolute Gasteiger partial charge is 0.192 e. The molecular formula is C13H17NS. The first-order chi connectivity index (χ1) is 6.97. The molecule has 0 aliphatic rings. The Bertz CT molecular complexity index is 370. The van der Waals surface area contributed by atoms with Crippen LogP contribution in [-0.2, 0) is 0 Å². The average molecular weight is 219 g/mol. The third-order valence-corrected chi connectivity index (χ3v) is 3.06. The van der Waals surface area contributed by atoms with Gasteiger partial charge in [-0.05, 0) is 35.1 Å². The third-order valence-electron chi connectivity index (χ3n) is 2.54. The quantitative estimate of drug-likeness (QED) is 0.744. The molecule has 0 fully saturated rings. The minimum absolute atomic E-state index is 0.406. The van der Waals surface area contributed by atoms with Gasteiger partial charge in [0, 0.05) is 4.90 Å². The molecule has 1 aromatic carbocycles. The topological polar surface area (TPSA) is 23.8 Å². The summed E-state index contributed by atoms with van der Waals surface area (Å²) in [6, 6.07) is 6.10. The standard InChI is InChI=1S/C13H17NS/c1-8(2)11-5-10(7-14)6-12(9(3)4)13(11)15/h5-6,8-9,15H,1-4H3. The fourth-order valence-electron chi connectivity index (χ4n) is 1.62. The number of thiol groups is 1. The smallest absolute Gasteiger partial charge is 0.0991 e. The highest BCUT2D eigenvalue weighted by molar-refractivity contribution is 7.80. The maximum absolute atomic E-state index is 8.97. The van der Waals surface area contributed by atoms with Crippen LogP contribution in [0.25, 0.3) is 0 Å². The lowest BCUT2D eigenvalue weighted by molar-refractivity contribution is 0.794. The van der Waals surface area contributed by atoms with E-state index < -0.39 is 0 Å². The van der Waals surface area contributed by atoms with Gasteiger partial charge in [0.1, 0.15) is 0 Å². The molecule has 0 saturated carbocycles. The van der Waals surface area contributed by atoms with Gasteiger partial charge in [-0.2, -0.15) is 5.26 Å². The molecule has 0 spiro atoms. The number of nitriles is 1. The molecule has 0 aliphatic carbocycles. The predicted molar refractivity (Wildman–Crippen MR) is 66.6 cm³/mol. The SMILES string of the molecule is CC(C)c1cc(C#N)cc(C(C)C)c1S. The van der Waals surface area contributed by atoms with Crippen molar-refractivity contribution in [3.8, 4) is 6.07 Å². The molecule has 80 valence electrons. The van der Waals surface area contributed by atoms with Crippen LogP contribution in [0.1, 0.15) is 56.2 Å². The molecule has 0 bridgehead atoms. The van der Waals surface area contributed by atoms with E-state index in [0.717, 1.165) is 10.5 Å². The number of rotatable bonds is 2. The minimum Gasteiger partial charge on any atom is -0.192 e. The van der Waals surface area contributed by atoms with Crippen LogP contribution in [0.4, 0.5) is 0 Å². The van der Waals surface area contributed by atoms with Crippen molar-refractivity contribution in [1.82, 2.24) is 0 Å². The summed E-state index contributed by atoms with van der Waals surface area (Å²) >= 11 is 4.57. The lowest BCUT2D eigenvalue weighted by atomic mass is 9.93. The van der Waals surface area contributed by atoms with Crippen LogP contribution in [0.15, 0.2) is 17.0 Å². The van der Waals surface area contributed by atoms with Gasteiger partial charge in [0.05, 0.1) is 11.6 Å². The fourth-order valence-corrected chi connectivity index (χ4v) is 2.27. The van der Waals surface area contributed by atoms with Crippen molar-refractivity contribution < 1.29 is 0 Å². The molecule has 0 heterocycles. The average Bonchev–Trinajstić information content (AvgIpc) is 2.17. The van der Waals surface area contributed by atoms with E-state index in [0.29, 0.717) is 11.8 Å². The number of nitrogens with zero attached hydrogens (tertiary/aromatic N) is 1. The van der Waals surface area contributed by atoms with Gasteiger partial charge in [-0.3, -0.25) is 0 Å². The Balaban J connectivity index is 3.42. The molecule has 1 rings (SSSR count). The van der Waals surface area contributed by atoms with E-state index in [1.54, 1.807) is 0 Å². The molecule has 0 atom stereocenters. The number of hydrogen-bond acceptors (Lipinski definition) is 2. The predicted octanol–water partition coefficient (Wildman–Crippen LogP) is 4.09. The first-order valence-corrected chi connectivity index (χ1v) is 5.69. The molecule has 0 aliphatic heterocycles. The van der Waals surface area contributed by atoms with Gasteiger partial charge in [-0.1, -0.05) is 27.7 Å². The monoisotopic (exact) mass is 219 g/mol. The highest BCUT2D eigenvalue weighted by Crippen LogP contribution is 2.31. The van der Waals surface area contributed by atoms with Crippen LogP contribution >= 0.6 is 12.6 Å². The van der Waals surface area contributed by atoms with E-state index in [-0.39, 0.29) is 0 Å². The molecule has 0 aromatic heterocycles. The summed E-state index contributed by atoms with van der Waals surface area (Å²) in [6.45, 7) is 8.50. The van der Waals surface area contributed by atoms with E-state index in [1.165, 1.54) is 11.1 Å². The van der Waals surface area contributed by atoms with Crippen LogP contribution < -0.4 is 0 Å². The normalized spacial score (nSPS) is 10.8. The van der Waals surface area contributed by atoms with Crippen molar-refractivity contribution in [1.29, 1.82) is 5.26 Å². The molecule has 0 N–H and O–H groups in total. The molecule has 0 amide bonds. The van der Waals surface area contributed by atoms with Crippen molar-refractivity contribution >= 4 is 12.6 Å². The fraction of sp³-hybridized carbons (Fsp3) is 0.462. The van der Waals surface area contributed by atoms with Gasteiger partial charge in [0.2, 0.25) is 0 Å². The Hall–Kier alpha value is -0.940. The maximum Gasteiger partial charge on any atom is 0.0991 e. The molecular weight excluding hydrogens is 202 g/mol. The Kier molecular flexibility index (Phi) is 3.82. The summed E-state index contributed by atoms with van der Waals surface area (Å²) in [7, 11) is 0. The van der Waals surface area contributed by atoms with Gasteiger partial charge in [-0.25, -0.2) is 0 Å². The van der Waals surface area contributed by atoms with Crippen molar-refractivity contribution in [2.75, 3.05) is 0 Å². The number of hydrogen-bond donors (Lipinski definition) is 1. The molecule has 2 heteroatoms. The van der Waals surface area contributed by atoms with E-state index in [9.17, 15) is 0 Å². The molecule has 15 heavy (non-hydrogen) atoms. The zero-order chi connectivity index (χ0) is 11.6. The second-order valence-corrected chi connectivity index (χ2v) is 4.87. The maximum atomic E-state index is 8.97. The summed E-state index contributed by atoms with van der Waals surface area (Å²) in [6.07, 6.45) is 0. The van der Waals surface area contributed by atoms with E-state index in [4.69, 9.17) is 5.26 Å². The third kappa shape index (κ3) is 2.54. The minimum atomic E-state index is 0.406. The van der Waals surface area contributed by atoms with E-state index in [1.807, 2.05) is 12.1 Å². The summed E-state index contributed by atoms with van der Waals surface area (Å²) < 4.78 is 0. The van der Waals surface area contributed by atoms with E-state index in [2.05, 4.69) is 46.4 Å². The number of benzene rings is 1. The van der Waals surface area contributed by atoms with Gasteiger partial charge in [0.15, 0.2) is 0 Å². The highest BCUT2D eigenvalue weighted by Gasteiger charge is 2.12. The van der Waals surface area contributed by atoms with Gasteiger partial charge in [0.25, 0.3) is 0 Å². The van der Waals surface area contributed by atoms with Crippen molar-refractivity contribution in [3.63, 3.8) is 0 Å². The van der Waals surface area contributed by atoms with Crippen LogP contribution in [-0.4, -0.2) is 0 Å². The zero-order valence-corrected chi connectivity index (χ0v) is 10.6. The van der Waals surface area contributed by atoms with Crippen LogP contribution in [0.2, 0.25) is 0 Å². The van der Waals surface area contributed by atoms with E-state index >= 15 is 0 Å². The molecule has 1 nitrogen and oxygen atoms in total. The van der Waals surface area contributed by atoms with Crippen molar-refractivity contribution in [3.05, 3.63) is 28.8 Å². The molecule has 0 unspecified atom stereocenters. The first kappa shape index (κ1) is 12.1. The summed E-state index contributed by atoms with van der Waals surface area (Å²) in [5.41, 5.74) is 3.07. The lowest BCUT2D eigenvalue weighted by Crippen LogP contribution is -1.98. The zero-order valence-electron chi connectivity index (χ0n) is 9.70. The Labute approximate surface area is 97.5 Å². The van der Waals surface area contributed by atoms with Crippen LogP contribution in [0.3, 0.4) is 0 Å². The van der Waals surface area contributed by atoms with Gasteiger partial charge in [-0.15, -0.1) is 12.6 Å². The first-order valence-electron chi connectivity index (χ1n) is 5.24. The Morgan fingerprint density at radius 3 is 1.73 bits per heavy atom. The Morgan fingerprint density at radius 1 is 1.07 bits per heavy atom. The van der Waals surface area contributed by atoms with Crippen LogP contribution in [0, 0.1) is 11.3 Å². The molecule has 1 aromatic rings. The highest BCUT2D eigenvalue weighted by atomic mass is 32.1. The van der Waals surface area contributed by atoms with Crippen molar-refractivity contribution in [2.24, 2.45) is 0 Å². The summed E-state index contributed by atoms with van der Waals surface area (Å²) in [5.74, 6) is 0.812. The summed E-state index contributed by atoms with van der Waals surface area (Å²) in [5, 5.41) is 8.97. The van der Waals surface area contributed by atoms with Crippen molar-refractivity contribution in [2.45, 2.75) is 44.4 Å². The second kappa shape index (κ2) is 4.72.